The number of sulfonamides is 1. The molecule has 1 unspecified atom stereocenters. The fraction of sp³-hybridized carbons (Fsp3) is 0.483. The van der Waals surface area contributed by atoms with E-state index >= 15 is 0 Å². The lowest BCUT2D eigenvalue weighted by Gasteiger charge is -2.26. The maximum absolute atomic E-state index is 13.3. The minimum absolute atomic E-state index is 0.0355. The molecule has 2 aromatic carbocycles. The third-order valence-electron chi connectivity index (χ3n) is 7.50. The number of thioether (sulfide) groups is 1. The number of aryl methyl sites for hydroxylation is 1. The van der Waals surface area contributed by atoms with E-state index in [0.717, 1.165) is 38.5 Å². The van der Waals surface area contributed by atoms with Gasteiger partial charge in [0.05, 0.1) is 23.9 Å². The molecular formula is C29H37N5O4S2. The molecule has 11 heteroatoms. The van der Waals surface area contributed by atoms with Crippen LogP contribution in [-0.4, -0.2) is 71.5 Å². The quantitative estimate of drug-likeness (QED) is 0.335. The Hall–Kier alpha value is -2.73. The molecule has 1 aliphatic carbocycles. The second kappa shape index (κ2) is 13.3. The monoisotopic (exact) mass is 583 g/mol. The van der Waals surface area contributed by atoms with Gasteiger partial charge in [-0.15, -0.1) is 10.2 Å². The summed E-state index contributed by atoms with van der Waals surface area (Å²) in [6.07, 6.45) is 6.04. The highest BCUT2D eigenvalue weighted by Gasteiger charge is 2.29. The number of amides is 1. The van der Waals surface area contributed by atoms with Gasteiger partial charge in [-0.25, -0.2) is 8.42 Å². The molecule has 3 aromatic rings. The summed E-state index contributed by atoms with van der Waals surface area (Å²) in [5, 5.41) is 12.8. The van der Waals surface area contributed by atoms with Gasteiger partial charge in [-0.05, 0) is 50.3 Å². The molecule has 2 heterocycles. The number of hydrogen-bond acceptors (Lipinski definition) is 7. The van der Waals surface area contributed by atoms with Crippen molar-refractivity contribution in [2.45, 2.75) is 67.6 Å². The topological polar surface area (TPSA) is 106 Å². The summed E-state index contributed by atoms with van der Waals surface area (Å²) in [5.41, 5.74) is 1.97. The van der Waals surface area contributed by atoms with E-state index in [-0.39, 0.29) is 28.6 Å². The van der Waals surface area contributed by atoms with Crippen molar-refractivity contribution in [1.82, 2.24) is 24.4 Å². The van der Waals surface area contributed by atoms with Gasteiger partial charge in [0.15, 0.2) is 11.0 Å². The minimum atomic E-state index is -3.64. The molecule has 5 rings (SSSR count). The summed E-state index contributed by atoms with van der Waals surface area (Å²) in [4.78, 5) is 13.0. The average Bonchev–Trinajstić information content (AvgIpc) is 3.66. The van der Waals surface area contributed by atoms with Gasteiger partial charge in [0.25, 0.3) is 0 Å². The van der Waals surface area contributed by atoms with Crippen molar-refractivity contribution in [1.29, 1.82) is 0 Å². The molecule has 0 radical (unpaired) electrons. The first-order valence-corrected chi connectivity index (χ1v) is 16.4. The third-order valence-corrected chi connectivity index (χ3v) is 10.3. The largest absolute Gasteiger partial charge is 0.379 e. The van der Waals surface area contributed by atoms with Crippen molar-refractivity contribution >= 4 is 27.7 Å². The highest BCUT2D eigenvalue weighted by molar-refractivity contribution is 7.99. The number of rotatable bonds is 11. The number of morpholine rings is 1. The second-order valence-corrected chi connectivity index (χ2v) is 13.3. The van der Waals surface area contributed by atoms with Gasteiger partial charge in [-0.2, -0.15) is 4.31 Å². The van der Waals surface area contributed by atoms with E-state index in [1.165, 1.54) is 21.6 Å². The molecule has 1 saturated heterocycles. The van der Waals surface area contributed by atoms with Crippen LogP contribution in [0.3, 0.4) is 0 Å². The van der Waals surface area contributed by atoms with Crippen LogP contribution in [0.5, 0.6) is 0 Å². The fourth-order valence-electron chi connectivity index (χ4n) is 5.34. The normalized spacial score (nSPS) is 17.6. The number of nitrogens with one attached hydrogen (secondary N) is 1. The van der Waals surface area contributed by atoms with E-state index in [9.17, 15) is 13.2 Å². The Morgan fingerprint density at radius 1 is 1.07 bits per heavy atom. The lowest BCUT2D eigenvalue weighted by atomic mass is 10.1. The molecule has 0 bridgehead atoms. The van der Waals surface area contributed by atoms with Crippen LogP contribution >= 0.6 is 11.8 Å². The summed E-state index contributed by atoms with van der Waals surface area (Å²) >= 11 is 1.38. The van der Waals surface area contributed by atoms with Gasteiger partial charge in [0.1, 0.15) is 0 Å². The van der Waals surface area contributed by atoms with Crippen LogP contribution in [0.1, 0.15) is 50.6 Å². The van der Waals surface area contributed by atoms with E-state index < -0.39 is 10.0 Å². The molecule has 1 aromatic heterocycles. The van der Waals surface area contributed by atoms with Crippen molar-refractivity contribution in [2.24, 2.45) is 0 Å². The summed E-state index contributed by atoms with van der Waals surface area (Å²) in [7, 11) is -3.64. The predicted octanol–water partition coefficient (Wildman–Crippen LogP) is 4.31. The zero-order valence-corrected chi connectivity index (χ0v) is 24.5. The summed E-state index contributed by atoms with van der Waals surface area (Å²) in [5.74, 6) is 0.850. The van der Waals surface area contributed by atoms with E-state index in [1.54, 1.807) is 18.2 Å². The molecular weight excluding hydrogens is 546 g/mol. The van der Waals surface area contributed by atoms with Crippen LogP contribution in [0.4, 0.5) is 0 Å². The first kappa shape index (κ1) is 28.8. The predicted molar refractivity (Wildman–Crippen MR) is 156 cm³/mol. The Morgan fingerprint density at radius 2 is 1.82 bits per heavy atom. The maximum Gasteiger partial charge on any atom is 0.243 e. The van der Waals surface area contributed by atoms with E-state index in [4.69, 9.17) is 4.74 Å². The molecule has 1 saturated carbocycles. The first-order chi connectivity index (χ1) is 19.4. The Bertz CT molecular complexity index is 1380. The summed E-state index contributed by atoms with van der Waals surface area (Å²) in [6, 6.07) is 17.5. The number of ether oxygens (including phenoxy) is 1. The van der Waals surface area contributed by atoms with Crippen molar-refractivity contribution in [3.8, 4) is 11.4 Å². The van der Waals surface area contributed by atoms with Gasteiger partial charge in [-0.1, -0.05) is 67.1 Å². The van der Waals surface area contributed by atoms with Crippen molar-refractivity contribution < 1.29 is 17.9 Å². The van der Waals surface area contributed by atoms with Gasteiger partial charge in [0.2, 0.25) is 15.9 Å². The molecule has 2 aliphatic rings. The Morgan fingerprint density at radius 3 is 2.58 bits per heavy atom. The summed E-state index contributed by atoms with van der Waals surface area (Å²) in [6.45, 7) is 3.52. The standard InChI is InChI=1S/C29H37N5O4S2/c1-22(14-15-23-8-3-2-4-9-23)30-27(35)21-39-29-32-31-28(34(29)25-11-5-6-12-25)24-10-7-13-26(20-24)40(36,37)33-16-18-38-19-17-33/h2-4,7-10,13,20,22,25H,5-6,11-12,14-19,21H2,1H3,(H,30,35). The Balaban J connectivity index is 1.29. The van der Waals surface area contributed by atoms with Gasteiger partial charge in [-0.3, -0.25) is 9.36 Å². The van der Waals surface area contributed by atoms with Gasteiger partial charge in [0, 0.05) is 30.7 Å². The fourth-order valence-corrected chi connectivity index (χ4v) is 7.61. The van der Waals surface area contributed by atoms with E-state index in [2.05, 4.69) is 32.2 Å². The van der Waals surface area contributed by atoms with Crippen molar-refractivity contribution in [3.63, 3.8) is 0 Å². The molecule has 0 spiro atoms. The number of aromatic nitrogens is 3. The zero-order chi connectivity index (χ0) is 28.0. The third kappa shape index (κ3) is 6.94. The molecule has 40 heavy (non-hydrogen) atoms. The lowest BCUT2D eigenvalue weighted by Crippen LogP contribution is -2.40. The first-order valence-electron chi connectivity index (χ1n) is 14.0. The van der Waals surface area contributed by atoms with Gasteiger partial charge < -0.3 is 10.1 Å². The summed E-state index contributed by atoms with van der Waals surface area (Å²) < 4.78 is 35.5. The molecule has 2 fully saturated rings. The Labute approximate surface area is 240 Å². The van der Waals surface area contributed by atoms with E-state index in [1.807, 2.05) is 31.2 Å². The molecule has 1 N–H and O–H groups in total. The molecule has 1 amide bonds. The number of benzene rings is 2. The lowest BCUT2D eigenvalue weighted by molar-refractivity contribution is -0.119. The SMILES string of the molecule is CC(CCc1ccccc1)NC(=O)CSc1nnc(-c2cccc(S(=O)(=O)N3CCOCC3)c2)n1C1CCCC1. The highest BCUT2D eigenvalue weighted by atomic mass is 32.2. The zero-order valence-electron chi connectivity index (χ0n) is 22.9. The smallest absolute Gasteiger partial charge is 0.243 e. The van der Waals surface area contributed by atoms with Crippen molar-refractivity contribution in [3.05, 3.63) is 60.2 Å². The highest BCUT2D eigenvalue weighted by Crippen LogP contribution is 2.37. The van der Waals surface area contributed by atoms with Gasteiger partial charge >= 0.3 is 0 Å². The number of hydrogen-bond donors (Lipinski definition) is 1. The maximum atomic E-state index is 13.3. The second-order valence-electron chi connectivity index (χ2n) is 10.4. The molecule has 214 valence electrons. The van der Waals surface area contributed by atoms with Crippen LogP contribution in [0.2, 0.25) is 0 Å². The molecule has 1 aliphatic heterocycles. The van der Waals surface area contributed by atoms with Crippen LogP contribution < -0.4 is 5.32 Å². The number of nitrogens with zero attached hydrogens (tertiary/aromatic N) is 4. The Kier molecular flexibility index (Phi) is 9.56. The van der Waals surface area contributed by atoms with Crippen LogP contribution in [0, 0.1) is 0 Å². The van der Waals surface area contributed by atoms with Crippen molar-refractivity contribution in [2.75, 3.05) is 32.1 Å². The number of carbonyl (C=O) groups excluding carboxylic acids is 1. The van der Waals surface area contributed by atoms with Crippen LogP contribution in [0.25, 0.3) is 11.4 Å². The molecule has 9 nitrogen and oxygen atoms in total. The minimum Gasteiger partial charge on any atom is -0.379 e. The molecule has 1 atom stereocenters. The number of carbonyl (C=O) groups is 1. The van der Waals surface area contributed by atoms with E-state index in [0.29, 0.717) is 42.8 Å². The average molecular weight is 584 g/mol. The van der Waals surface area contributed by atoms with Crippen LogP contribution in [-0.2, 0) is 26.0 Å². The van der Waals surface area contributed by atoms with Crippen LogP contribution in [0.15, 0.2) is 64.6 Å².